The number of carbonyl (C=O) groups excluding carboxylic acids is 1. The zero-order chi connectivity index (χ0) is 21.3. The highest BCUT2D eigenvalue weighted by molar-refractivity contribution is 7.88. The van der Waals surface area contributed by atoms with Crippen LogP contribution in [0.4, 0.5) is 5.69 Å². The zero-order valence-corrected chi connectivity index (χ0v) is 18.9. The molecule has 1 fully saturated rings. The SMILES string of the molecule is O=C([C@H]1CCCN(S(=O)(=O)Cc2ccc(Cl)c(Cl)c2)C1)N1CCCc2ccccc21. The lowest BCUT2D eigenvalue weighted by molar-refractivity contribution is -0.123. The maximum Gasteiger partial charge on any atom is 0.231 e. The van der Waals surface area contributed by atoms with Crippen LogP contribution in [0.25, 0.3) is 0 Å². The molecule has 1 atom stereocenters. The van der Waals surface area contributed by atoms with Crippen molar-refractivity contribution in [1.82, 2.24) is 4.31 Å². The van der Waals surface area contributed by atoms with E-state index in [1.165, 1.54) is 9.87 Å². The Morgan fingerprint density at radius 2 is 1.83 bits per heavy atom. The number of benzene rings is 2. The van der Waals surface area contributed by atoms with E-state index in [9.17, 15) is 13.2 Å². The fourth-order valence-corrected chi connectivity index (χ4v) is 6.23. The fraction of sp³-hybridized carbons (Fsp3) is 0.409. The number of piperidine rings is 1. The molecule has 8 heteroatoms. The van der Waals surface area contributed by atoms with Crippen molar-refractivity contribution in [3.63, 3.8) is 0 Å². The van der Waals surface area contributed by atoms with Gasteiger partial charge in [0.2, 0.25) is 15.9 Å². The molecule has 30 heavy (non-hydrogen) atoms. The van der Waals surface area contributed by atoms with Crippen molar-refractivity contribution < 1.29 is 13.2 Å². The Balaban J connectivity index is 1.49. The second-order valence-electron chi connectivity index (χ2n) is 7.92. The average molecular weight is 467 g/mol. The number of fused-ring (bicyclic) bond motifs is 1. The van der Waals surface area contributed by atoms with Crippen molar-refractivity contribution >= 4 is 44.8 Å². The highest BCUT2D eigenvalue weighted by Crippen LogP contribution is 2.31. The van der Waals surface area contributed by atoms with Crippen LogP contribution in [0.5, 0.6) is 0 Å². The summed E-state index contributed by atoms with van der Waals surface area (Å²) in [4.78, 5) is 15.1. The number of aryl methyl sites for hydroxylation is 1. The van der Waals surface area contributed by atoms with Gasteiger partial charge in [0.15, 0.2) is 0 Å². The number of hydrogen-bond donors (Lipinski definition) is 0. The van der Waals surface area contributed by atoms with E-state index in [0.29, 0.717) is 41.5 Å². The highest BCUT2D eigenvalue weighted by atomic mass is 35.5. The first-order valence-corrected chi connectivity index (χ1v) is 12.5. The normalized spacial score (nSPS) is 20.1. The number of amides is 1. The van der Waals surface area contributed by atoms with Crippen molar-refractivity contribution in [2.45, 2.75) is 31.4 Å². The van der Waals surface area contributed by atoms with Gasteiger partial charge in [0.05, 0.1) is 21.7 Å². The summed E-state index contributed by atoms with van der Waals surface area (Å²) >= 11 is 12.0. The van der Waals surface area contributed by atoms with Gasteiger partial charge in [0.25, 0.3) is 0 Å². The van der Waals surface area contributed by atoms with E-state index in [0.717, 1.165) is 18.5 Å². The van der Waals surface area contributed by atoms with Crippen molar-refractivity contribution in [1.29, 1.82) is 0 Å². The van der Waals surface area contributed by atoms with E-state index in [1.54, 1.807) is 18.2 Å². The predicted molar refractivity (Wildman–Crippen MR) is 120 cm³/mol. The molecular weight excluding hydrogens is 443 g/mol. The lowest BCUT2D eigenvalue weighted by atomic mass is 9.95. The lowest BCUT2D eigenvalue weighted by Crippen LogP contribution is -2.48. The third kappa shape index (κ3) is 4.52. The van der Waals surface area contributed by atoms with Gasteiger partial charge in [0.1, 0.15) is 0 Å². The molecule has 2 aliphatic heterocycles. The first-order chi connectivity index (χ1) is 14.3. The Morgan fingerprint density at radius 1 is 1.03 bits per heavy atom. The monoisotopic (exact) mass is 466 g/mol. The topological polar surface area (TPSA) is 57.7 Å². The van der Waals surface area contributed by atoms with Gasteiger partial charge in [0, 0.05) is 25.3 Å². The second kappa shape index (κ2) is 8.87. The zero-order valence-electron chi connectivity index (χ0n) is 16.6. The molecule has 0 bridgehead atoms. The molecule has 0 saturated carbocycles. The molecule has 2 aromatic carbocycles. The summed E-state index contributed by atoms with van der Waals surface area (Å²) in [5.74, 6) is -0.456. The molecule has 2 aromatic rings. The Labute approximate surface area is 187 Å². The molecular formula is C22H24Cl2N2O3S. The number of carbonyl (C=O) groups is 1. The number of hydrogen-bond acceptors (Lipinski definition) is 3. The first-order valence-electron chi connectivity index (χ1n) is 10.2. The van der Waals surface area contributed by atoms with Crippen molar-refractivity contribution in [3.05, 3.63) is 63.6 Å². The maximum atomic E-state index is 13.3. The minimum absolute atomic E-state index is 0.0246. The lowest BCUT2D eigenvalue weighted by Gasteiger charge is -2.36. The molecule has 0 aromatic heterocycles. The van der Waals surface area contributed by atoms with Gasteiger partial charge in [-0.3, -0.25) is 4.79 Å². The largest absolute Gasteiger partial charge is 0.312 e. The molecule has 0 radical (unpaired) electrons. The first kappa shape index (κ1) is 21.6. The number of para-hydroxylation sites is 1. The van der Waals surface area contributed by atoms with Crippen LogP contribution in [0.15, 0.2) is 42.5 Å². The fourth-order valence-electron chi connectivity index (χ4n) is 4.31. The number of rotatable bonds is 4. The minimum atomic E-state index is -3.56. The molecule has 2 heterocycles. The molecule has 0 aliphatic carbocycles. The van der Waals surface area contributed by atoms with Crippen molar-refractivity contribution in [2.24, 2.45) is 5.92 Å². The van der Waals surface area contributed by atoms with Crippen LogP contribution < -0.4 is 4.90 Å². The van der Waals surface area contributed by atoms with E-state index >= 15 is 0 Å². The van der Waals surface area contributed by atoms with Crippen LogP contribution in [-0.2, 0) is 27.0 Å². The second-order valence-corrected chi connectivity index (χ2v) is 10.7. The van der Waals surface area contributed by atoms with Gasteiger partial charge in [-0.15, -0.1) is 0 Å². The molecule has 1 amide bonds. The summed E-state index contributed by atoms with van der Waals surface area (Å²) < 4.78 is 27.5. The van der Waals surface area contributed by atoms with E-state index < -0.39 is 10.0 Å². The smallest absolute Gasteiger partial charge is 0.231 e. The average Bonchev–Trinajstić information content (AvgIpc) is 2.75. The Kier molecular flexibility index (Phi) is 6.39. The summed E-state index contributed by atoms with van der Waals surface area (Å²) in [7, 11) is -3.56. The number of anilines is 1. The van der Waals surface area contributed by atoms with E-state index in [2.05, 4.69) is 6.07 Å². The maximum absolute atomic E-state index is 13.3. The number of sulfonamides is 1. The molecule has 160 valence electrons. The van der Waals surface area contributed by atoms with Crippen molar-refractivity contribution in [3.8, 4) is 0 Å². The van der Waals surface area contributed by atoms with Crippen LogP contribution in [0.1, 0.15) is 30.4 Å². The van der Waals surface area contributed by atoms with Crippen LogP contribution in [0, 0.1) is 5.92 Å². The van der Waals surface area contributed by atoms with Gasteiger partial charge in [-0.05, 0) is 55.0 Å². The Hall–Kier alpha value is -1.60. The number of nitrogens with zero attached hydrogens (tertiary/aromatic N) is 2. The van der Waals surface area contributed by atoms with Gasteiger partial charge < -0.3 is 4.90 Å². The van der Waals surface area contributed by atoms with E-state index in [-0.39, 0.29) is 24.1 Å². The predicted octanol–water partition coefficient (Wildman–Crippen LogP) is 4.51. The van der Waals surface area contributed by atoms with Gasteiger partial charge in [-0.25, -0.2) is 12.7 Å². The van der Waals surface area contributed by atoms with E-state index in [1.807, 2.05) is 23.1 Å². The quantitative estimate of drug-likeness (QED) is 0.665. The van der Waals surface area contributed by atoms with Gasteiger partial charge in [-0.2, -0.15) is 0 Å². The molecule has 5 nitrogen and oxygen atoms in total. The van der Waals surface area contributed by atoms with E-state index in [4.69, 9.17) is 23.2 Å². The minimum Gasteiger partial charge on any atom is -0.312 e. The van der Waals surface area contributed by atoms with Gasteiger partial charge >= 0.3 is 0 Å². The highest BCUT2D eigenvalue weighted by Gasteiger charge is 2.35. The van der Waals surface area contributed by atoms with Crippen LogP contribution in [-0.4, -0.2) is 38.3 Å². The number of halogens is 2. The molecule has 4 rings (SSSR count). The summed E-state index contributed by atoms with van der Waals surface area (Å²) in [5.41, 5.74) is 2.73. The van der Waals surface area contributed by atoms with Crippen molar-refractivity contribution in [2.75, 3.05) is 24.5 Å². The summed E-state index contributed by atoms with van der Waals surface area (Å²) in [6.45, 7) is 1.34. The van der Waals surface area contributed by atoms with Gasteiger partial charge in [-0.1, -0.05) is 47.5 Å². The Morgan fingerprint density at radius 3 is 2.63 bits per heavy atom. The Bertz CT molecular complexity index is 1060. The molecule has 2 aliphatic rings. The molecule has 0 spiro atoms. The summed E-state index contributed by atoms with van der Waals surface area (Å²) in [6, 6.07) is 12.8. The molecule has 1 saturated heterocycles. The third-order valence-corrected chi connectivity index (χ3v) is 8.39. The standard InChI is InChI=1S/C22H24Cl2N2O3S/c23-19-10-9-16(13-20(19)24)15-30(28,29)25-11-3-7-18(14-25)22(27)26-12-4-6-17-5-1-2-8-21(17)26/h1-2,5,8-10,13,18H,3-4,6-7,11-12,14-15H2/t18-/m0/s1. The molecule has 0 N–H and O–H groups in total. The van der Waals surface area contributed by atoms with Crippen LogP contribution >= 0.6 is 23.2 Å². The third-order valence-electron chi connectivity index (χ3n) is 5.84. The summed E-state index contributed by atoms with van der Waals surface area (Å²) in [6.07, 6.45) is 3.27. The van der Waals surface area contributed by atoms with Crippen LogP contribution in [0.2, 0.25) is 10.0 Å². The summed E-state index contributed by atoms with van der Waals surface area (Å²) in [5, 5.41) is 0.725. The van der Waals surface area contributed by atoms with Crippen LogP contribution in [0.3, 0.4) is 0 Å². The molecule has 0 unspecified atom stereocenters.